The molecule has 0 atom stereocenters. The molecule has 0 heterocycles. The maximum Gasteiger partial charge on any atom is 0.234 e. The van der Waals surface area contributed by atoms with Crippen LogP contribution in [-0.2, 0) is 11.2 Å². The highest BCUT2D eigenvalue weighted by Crippen LogP contribution is 2.17. The average Bonchev–Trinajstić information content (AvgIpc) is 2.37. The summed E-state index contributed by atoms with van der Waals surface area (Å²) in [5.41, 5.74) is 1.17. The second-order valence-corrected chi connectivity index (χ2v) is 4.25. The summed E-state index contributed by atoms with van der Waals surface area (Å²) >= 11 is 0. The van der Waals surface area contributed by atoms with Crippen molar-refractivity contribution in [3.05, 3.63) is 29.8 Å². The van der Waals surface area contributed by atoms with E-state index in [-0.39, 0.29) is 5.91 Å². The molecule has 4 nitrogen and oxygen atoms in total. The van der Waals surface area contributed by atoms with E-state index in [4.69, 9.17) is 4.74 Å². The minimum Gasteiger partial charge on any atom is -0.496 e. The topological polar surface area (TPSA) is 41.6 Å². The van der Waals surface area contributed by atoms with Gasteiger partial charge in [-0.15, -0.1) is 0 Å². The summed E-state index contributed by atoms with van der Waals surface area (Å²) in [7, 11) is 3.63. The first-order valence-electron chi connectivity index (χ1n) is 6.24. The Balaban J connectivity index is 2.42. The van der Waals surface area contributed by atoms with Crippen molar-refractivity contribution in [3.63, 3.8) is 0 Å². The second-order valence-electron chi connectivity index (χ2n) is 4.25. The number of amides is 1. The summed E-state index contributed by atoms with van der Waals surface area (Å²) in [6.07, 6.45) is 0.875. The van der Waals surface area contributed by atoms with Crippen molar-refractivity contribution in [3.8, 4) is 5.75 Å². The number of ether oxygens (including phenoxy) is 1. The minimum atomic E-state index is 0.0695. The molecule has 4 heteroatoms. The largest absolute Gasteiger partial charge is 0.496 e. The van der Waals surface area contributed by atoms with Crippen molar-refractivity contribution in [2.24, 2.45) is 0 Å². The van der Waals surface area contributed by atoms with Crippen LogP contribution in [0.3, 0.4) is 0 Å². The molecule has 0 aliphatic heterocycles. The summed E-state index contributed by atoms with van der Waals surface area (Å²) in [5, 5.41) is 2.79. The number of hydrogen-bond donors (Lipinski definition) is 1. The lowest BCUT2D eigenvalue weighted by molar-refractivity contribution is -0.121. The maximum atomic E-state index is 11.4. The van der Waals surface area contributed by atoms with Crippen molar-refractivity contribution < 1.29 is 9.53 Å². The van der Waals surface area contributed by atoms with Gasteiger partial charge in [0.25, 0.3) is 0 Å². The Hall–Kier alpha value is -1.55. The highest BCUT2D eigenvalue weighted by atomic mass is 16.5. The number of para-hydroxylation sites is 1. The highest BCUT2D eigenvalue weighted by molar-refractivity contribution is 5.77. The van der Waals surface area contributed by atoms with Gasteiger partial charge in [-0.3, -0.25) is 9.69 Å². The third-order valence-electron chi connectivity index (χ3n) is 2.74. The quantitative estimate of drug-likeness (QED) is 0.793. The molecule has 1 aromatic rings. The molecular weight excluding hydrogens is 228 g/mol. The first-order chi connectivity index (χ1) is 8.67. The smallest absolute Gasteiger partial charge is 0.234 e. The van der Waals surface area contributed by atoms with Gasteiger partial charge >= 0.3 is 0 Å². The molecule has 0 unspecified atom stereocenters. The molecule has 0 aliphatic rings. The number of carbonyl (C=O) groups is 1. The van der Waals surface area contributed by atoms with Gasteiger partial charge in [0.15, 0.2) is 0 Å². The Kier molecular flexibility index (Phi) is 6.22. The standard InChI is InChI=1S/C14H22N2O2/c1-4-15-14(17)11-16(2)10-9-12-7-5-6-8-13(12)18-3/h5-8H,4,9-11H2,1-3H3,(H,15,17). The van der Waals surface area contributed by atoms with Crippen LogP contribution in [0.25, 0.3) is 0 Å². The van der Waals surface area contributed by atoms with Crippen LogP contribution in [0.1, 0.15) is 12.5 Å². The molecule has 1 N–H and O–H groups in total. The van der Waals surface area contributed by atoms with E-state index in [9.17, 15) is 4.79 Å². The molecule has 0 fully saturated rings. The first kappa shape index (κ1) is 14.5. The van der Waals surface area contributed by atoms with Gasteiger partial charge in [-0.25, -0.2) is 0 Å². The number of nitrogens with zero attached hydrogens (tertiary/aromatic N) is 1. The summed E-state index contributed by atoms with van der Waals surface area (Å²) in [4.78, 5) is 13.4. The van der Waals surface area contributed by atoms with E-state index in [1.54, 1.807) is 7.11 Å². The zero-order valence-corrected chi connectivity index (χ0v) is 11.4. The van der Waals surface area contributed by atoms with Crippen molar-refractivity contribution in [2.75, 3.05) is 33.8 Å². The molecule has 0 spiro atoms. The average molecular weight is 250 g/mol. The Morgan fingerprint density at radius 2 is 2.11 bits per heavy atom. The molecule has 0 aromatic heterocycles. The van der Waals surface area contributed by atoms with Crippen LogP contribution in [0, 0.1) is 0 Å². The monoisotopic (exact) mass is 250 g/mol. The molecule has 18 heavy (non-hydrogen) atoms. The van der Waals surface area contributed by atoms with Crippen LogP contribution in [0.2, 0.25) is 0 Å². The molecule has 1 rings (SSSR count). The van der Waals surface area contributed by atoms with Gasteiger partial charge in [0.05, 0.1) is 13.7 Å². The molecular formula is C14H22N2O2. The lowest BCUT2D eigenvalue weighted by atomic mass is 10.1. The zero-order valence-electron chi connectivity index (χ0n) is 11.4. The first-order valence-corrected chi connectivity index (χ1v) is 6.24. The third-order valence-corrected chi connectivity index (χ3v) is 2.74. The molecule has 100 valence electrons. The van der Waals surface area contributed by atoms with Gasteiger partial charge in [-0.05, 0) is 32.0 Å². The number of benzene rings is 1. The molecule has 0 radical (unpaired) electrons. The van der Waals surface area contributed by atoms with E-state index in [0.717, 1.165) is 18.7 Å². The van der Waals surface area contributed by atoms with Gasteiger partial charge in [0.2, 0.25) is 5.91 Å². The van der Waals surface area contributed by atoms with Crippen molar-refractivity contribution >= 4 is 5.91 Å². The van der Waals surface area contributed by atoms with E-state index in [0.29, 0.717) is 13.1 Å². The Morgan fingerprint density at radius 1 is 1.39 bits per heavy atom. The Labute approximate surface area is 109 Å². The predicted octanol–water partition coefficient (Wildman–Crippen LogP) is 1.31. The van der Waals surface area contributed by atoms with E-state index in [2.05, 4.69) is 11.4 Å². The van der Waals surface area contributed by atoms with Crippen LogP contribution in [0.15, 0.2) is 24.3 Å². The van der Waals surface area contributed by atoms with Gasteiger partial charge in [0.1, 0.15) is 5.75 Å². The Morgan fingerprint density at radius 3 is 2.78 bits per heavy atom. The summed E-state index contributed by atoms with van der Waals surface area (Å²) < 4.78 is 5.30. The number of rotatable bonds is 7. The van der Waals surface area contributed by atoms with Gasteiger partial charge in [-0.2, -0.15) is 0 Å². The van der Waals surface area contributed by atoms with E-state index < -0.39 is 0 Å². The lowest BCUT2D eigenvalue weighted by Gasteiger charge is -2.16. The summed E-state index contributed by atoms with van der Waals surface area (Å²) in [5.74, 6) is 0.976. The maximum absolute atomic E-state index is 11.4. The number of likely N-dealkylation sites (N-methyl/N-ethyl adjacent to an activating group) is 2. The predicted molar refractivity (Wildman–Crippen MR) is 72.9 cm³/mol. The SMILES string of the molecule is CCNC(=O)CN(C)CCc1ccccc1OC. The number of nitrogens with one attached hydrogen (secondary N) is 1. The molecule has 1 aromatic carbocycles. The minimum absolute atomic E-state index is 0.0695. The molecule has 1 amide bonds. The fraction of sp³-hybridized carbons (Fsp3) is 0.500. The Bertz CT molecular complexity index is 380. The molecule has 0 saturated heterocycles. The normalized spacial score (nSPS) is 10.4. The van der Waals surface area contributed by atoms with Crippen LogP contribution >= 0.6 is 0 Å². The highest BCUT2D eigenvalue weighted by Gasteiger charge is 2.07. The lowest BCUT2D eigenvalue weighted by Crippen LogP contribution is -2.35. The summed E-state index contributed by atoms with van der Waals surface area (Å²) in [6.45, 7) is 3.87. The van der Waals surface area contributed by atoms with Gasteiger partial charge in [0, 0.05) is 13.1 Å². The molecule has 0 aliphatic carbocycles. The summed E-state index contributed by atoms with van der Waals surface area (Å²) in [6, 6.07) is 7.97. The molecule has 0 saturated carbocycles. The third kappa shape index (κ3) is 4.75. The van der Waals surface area contributed by atoms with Crippen LogP contribution in [0.4, 0.5) is 0 Å². The van der Waals surface area contributed by atoms with Gasteiger partial charge in [-0.1, -0.05) is 18.2 Å². The van der Waals surface area contributed by atoms with Crippen molar-refractivity contribution in [1.29, 1.82) is 0 Å². The van der Waals surface area contributed by atoms with E-state index in [1.165, 1.54) is 5.56 Å². The van der Waals surface area contributed by atoms with Crippen molar-refractivity contribution in [2.45, 2.75) is 13.3 Å². The van der Waals surface area contributed by atoms with Crippen LogP contribution < -0.4 is 10.1 Å². The van der Waals surface area contributed by atoms with Crippen LogP contribution in [-0.4, -0.2) is 44.6 Å². The van der Waals surface area contributed by atoms with E-state index >= 15 is 0 Å². The number of hydrogen-bond acceptors (Lipinski definition) is 3. The molecule has 0 bridgehead atoms. The number of methoxy groups -OCH3 is 1. The van der Waals surface area contributed by atoms with Gasteiger partial charge < -0.3 is 10.1 Å². The second kappa shape index (κ2) is 7.71. The van der Waals surface area contributed by atoms with Crippen LogP contribution in [0.5, 0.6) is 5.75 Å². The fourth-order valence-electron chi connectivity index (χ4n) is 1.80. The number of carbonyl (C=O) groups excluding carboxylic acids is 1. The fourth-order valence-corrected chi connectivity index (χ4v) is 1.80. The van der Waals surface area contributed by atoms with E-state index in [1.807, 2.05) is 37.1 Å². The zero-order chi connectivity index (χ0) is 13.4. The van der Waals surface area contributed by atoms with Crippen molar-refractivity contribution in [1.82, 2.24) is 10.2 Å².